The van der Waals surface area contributed by atoms with E-state index in [1.807, 2.05) is 26.8 Å². The van der Waals surface area contributed by atoms with Crippen molar-refractivity contribution in [2.45, 2.75) is 45.8 Å². The van der Waals surface area contributed by atoms with Crippen molar-refractivity contribution in [2.24, 2.45) is 11.7 Å². The average molecular weight is 274 g/mol. The number of nitrogens with two attached hydrogens (primary N) is 1. The SMILES string of the molecule is C[C@@H](N)[C@H](Cc1cccc(C#N)c1)C(=O)OC(C)(C)C. The molecule has 0 aliphatic rings. The fraction of sp³-hybridized carbons (Fsp3) is 0.500. The van der Waals surface area contributed by atoms with Gasteiger partial charge in [0.05, 0.1) is 17.6 Å². The van der Waals surface area contributed by atoms with Gasteiger partial charge in [0.1, 0.15) is 5.60 Å². The molecule has 1 aromatic carbocycles. The second kappa shape index (κ2) is 6.53. The third-order valence-corrected chi connectivity index (χ3v) is 2.86. The van der Waals surface area contributed by atoms with Crippen LogP contribution in [0.2, 0.25) is 0 Å². The molecule has 1 rings (SSSR count). The van der Waals surface area contributed by atoms with Gasteiger partial charge in [-0.2, -0.15) is 5.26 Å². The number of hydrogen-bond acceptors (Lipinski definition) is 4. The number of nitriles is 1. The standard InChI is InChI=1S/C16H22N2O2/c1-11(18)14(15(19)20-16(2,3)4)9-12-6-5-7-13(8-12)10-17/h5-8,11,14H,9,18H2,1-4H3/t11-,14+/m1/s1. The van der Waals surface area contributed by atoms with Crippen molar-refractivity contribution in [2.75, 3.05) is 0 Å². The maximum Gasteiger partial charge on any atom is 0.311 e. The minimum absolute atomic E-state index is 0.296. The minimum atomic E-state index is -0.529. The first-order chi connectivity index (χ1) is 9.23. The van der Waals surface area contributed by atoms with Gasteiger partial charge in [-0.3, -0.25) is 4.79 Å². The quantitative estimate of drug-likeness (QED) is 0.855. The van der Waals surface area contributed by atoms with Gasteiger partial charge in [-0.1, -0.05) is 12.1 Å². The first kappa shape index (κ1) is 16.2. The Bertz CT molecular complexity index is 510. The van der Waals surface area contributed by atoms with Crippen molar-refractivity contribution in [3.8, 4) is 6.07 Å². The van der Waals surface area contributed by atoms with E-state index in [2.05, 4.69) is 6.07 Å². The van der Waals surface area contributed by atoms with Crippen LogP contribution in [0.3, 0.4) is 0 Å². The predicted octanol–water partition coefficient (Wildman–Crippen LogP) is 2.41. The molecular weight excluding hydrogens is 252 g/mol. The number of benzene rings is 1. The first-order valence-corrected chi connectivity index (χ1v) is 6.70. The lowest BCUT2D eigenvalue weighted by atomic mass is 9.92. The number of hydrogen-bond donors (Lipinski definition) is 1. The fourth-order valence-electron chi connectivity index (χ4n) is 1.88. The molecule has 0 aliphatic heterocycles. The van der Waals surface area contributed by atoms with E-state index in [4.69, 9.17) is 15.7 Å². The zero-order chi connectivity index (χ0) is 15.3. The van der Waals surface area contributed by atoms with Gasteiger partial charge in [-0.15, -0.1) is 0 Å². The van der Waals surface area contributed by atoms with Crippen molar-refractivity contribution >= 4 is 5.97 Å². The second-order valence-electron chi connectivity index (χ2n) is 6.02. The number of rotatable bonds is 4. The molecular formula is C16H22N2O2. The summed E-state index contributed by atoms with van der Waals surface area (Å²) in [5.74, 6) is -0.710. The summed E-state index contributed by atoms with van der Waals surface area (Å²) < 4.78 is 5.41. The normalized spacial score (nSPS) is 14.2. The summed E-state index contributed by atoms with van der Waals surface area (Å²) in [4.78, 5) is 12.2. The molecule has 0 radical (unpaired) electrons. The number of carbonyl (C=O) groups is 1. The maximum absolute atomic E-state index is 12.2. The Kier molecular flexibility index (Phi) is 5.29. The summed E-state index contributed by atoms with van der Waals surface area (Å²) in [5, 5.41) is 8.90. The van der Waals surface area contributed by atoms with Crippen LogP contribution in [0, 0.1) is 17.2 Å². The molecule has 0 aliphatic carbocycles. The van der Waals surface area contributed by atoms with Gasteiger partial charge in [-0.05, 0) is 51.8 Å². The van der Waals surface area contributed by atoms with E-state index in [1.165, 1.54) is 0 Å². The van der Waals surface area contributed by atoms with Crippen LogP contribution in [0.4, 0.5) is 0 Å². The molecule has 0 spiro atoms. The Morgan fingerprint density at radius 1 is 1.45 bits per heavy atom. The van der Waals surface area contributed by atoms with Crippen molar-refractivity contribution in [3.05, 3.63) is 35.4 Å². The summed E-state index contributed by atoms with van der Waals surface area (Å²) in [5.41, 5.74) is 6.87. The van der Waals surface area contributed by atoms with E-state index < -0.39 is 11.5 Å². The van der Waals surface area contributed by atoms with Gasteiger partial charge in [0.25, 0.3) is 0 Å². The van der Waals surface area contributed by atoms with Crippen LogP contribution in [-0.4, -0.2) is 17.6 Å². The van der Waals surface area contributed by atoms with Crippen molar-refractivity contribution in [1.29, 1.82) is 5.26 Å². The predicted molar refractivity (Wildman–Crippen MR) is 77.8 cm³/mol. The molecule has 0 bridgehead atoms. The van der Waals surface area contributed by atoms with Crippen LogP contribution in [0.15, 0.2) is 24.3 Å². The molecule has 2 N–H and O–H groups in total. The summed E-state index contributed by atoms with van der Waals surface area (Å²) >= 11 is 0. The van der Waals surface area contributed by atoms with Crippen LogP contribution in [0.5, 0.6) is 0 Å². The first-order valence-electron chi connectivity index (χ1n) is 6.70. The average Bonchev–Trinajstić information content (AvgIpc) is 2.33. The highest BCUT2D eigenvalue weighted by Crippen LogP contribution is 2.18. The van der Waals surface area contributed by atoms with E-state index in [1.54, 1.807) is 25.1 Å². The molecule has 0 saturated heterocycles. The Hall–Kier alpha value is -1.86. The lowest BCUT2D eigenvalue weighted by Gasteiger charge is -2.26. The molecule has 108 valence electrons. The van der Waals surface area contributed by atoms with Crippen molar-refractivity contribution < 1.29 is 9.53 Å². The van der Waals surface area contributed by atoms with Gasteiger partial charge in [0, 0.05) is 6.04 Å². The second-order valence-corrected chi connectivity index (χ2v) is 6.02. The van der Waals surface area contributed by atoms with E-state index in [9.17, 15) is 4.79 Å². The summed E-state index contributed by atoms with van der Waals surface area (Å²) in [6.07, 6.45) is 0.474. The number of nitrogens with zero attached hydrogens (tertiary/aromatic N) is 1. The lowest BCUT2D eigenvalue weighted by Crippen LogP contribution is -2.39. The van der Waals surface area contributed by atoms with Crippen LogP contribution in [-0.2, 0) is 16.0 Å². The van der Waals surface area contributed by atoms with Gasteiger partial charge in [-0.25, -0.2) is 0 Å². The highest BCUT2D eigenvalue weighted by Gasteiger charge is 2.28. The third kappa shape index (κ3) is 5.02. The van der Waals surface area contributed by atoms with Gasteiger partial charge in [0.2, 0.25) is 0 Å². The molecule has 4 nitrogen and oxygen atoms in total. The largest absolute Gasteiger partial charge is 0.460 e. The molecule has 0 aromatic heterocycles. The van der Waals surface area contributed by atoms with Crippen molar-refractivity contribution in [3.63, 3.8) is 0 Å². The number of carbonyl (C=O) groups excluding carboxylic acids is 1. The molecule has 4 heteroatoms. The molecule has 0 fully saturated rings. The van der Waals surface area contributed by atoms with Crippen molar-refractivity contribution in [1.82, 2.24) is 0 Å². The fourth-order valence-corrected chi connectivity index (χ4v) is 1.88. The van der Waals surface area contributed by atoms with Crippen LogP contribution in [0.1, 0.15) is 38.8 Å². The highest BCUT2D eigenvalue weighted by molar-refractivity contribution is 5.74. The van der Waals surface area contributed by atoms with E-state index >= 15 is 0 Å². The number of ether oxygens (including phenoxy) is 1. The summed E-state index contributed by atoms with van der Waals surface area (Å²) in [7, 11) is 0. The van der Waals surface area contributed by atoms with Gasteiger partial charge < -0.3 is 10.5 Å². The summed E-state index contributed by atoms with van der Waals surface area (Å²) in [6, 6.07) is 8.99. The lowest BCUT2D eigenvalue weighted by molar-refractivity contribution is -0.160. The Labute approximate surface area is 120 Å². The molecule has 0 amide bonds. The molecule has 2 atom stereocenters. The van der Waals surface area contributed by atoms with Crippen LogP contribution in [0.25, 0.3) is 0 Å². The van der Waals surface area contributed by atoms with E-state index in [0.29, 0.717) is 12.0 Å². The smallest absolute Gasteiger partial charge is 0.311 e. The monoisotopic (exact) mass is 274 g/mol. The Morgan fingerprint density at radius 2 is 2.10 bits per heavy atom. The zero-order valence-electron chi connectivity index (χ0n) is 12.5. The minimum Gasteiger partial charge on any atom is -0.460 e. The van der Waals surface area contributed by atoms with Crippen LogP contribution >= 0.6 is 0 Å². The van der Waals surface area contributed by atoms with Gasteiger partial charge >= 0.3 is 5.97 Å². The molecule has 0 unspecified atom stereocenters. The molecule has 20 heavy (non-hydrogen) atoms. The number of esters is 1. The molecule has 0 saturated carbocycles. The molecule has 1 aromatic rings. The Balaban J connectivity index is 2.87. The van der Waals surface area contributed by atoms with E-state index in [0.717, 1.165) is 5.56 Å². The highest BCUT2D eigenvalue weighted by atomic mass is 16.6. The van der Waals surface area contributed by atoms with Crippen LogP contribution < -0.4 is 5.73 Å². The Morgan fingerprint density at radius 3 is 2.60 bits per heavy atom. The van der Waals surface area contributed by atoms with Gasteiger partial charge in [0.15, 0.2) is 0 Å². The van der Waals surface area contributed by atoms with E-state index in [-0.39, 0.29) is 12.0 Å². The zero-order valence-corrected chi connectivity index (χ0v) is 12.5. The summed E-state index contributed by atoms with van der Waals surface area (Å²) in [6.45, 7) is 7.29. The maximum atomic E-state index is 12.2. The topological polar surface area (TPSA) is 76.1 Å². The third-order valence-electron chi connectivity index (χ3n) is 2.86. The molecule has 0 heterocycles.